The molecule has 2 aromatic rings. The maximum atomic E-state index is 12.0. The van der Waals surface area contributed by atoms with Crippen molar-refractivity contribution >= 4 is 40.5 Å². The Hall–Kier alpha value is -2.31. The third-order valence-corrected chi connectivity index (χ3v) is 3.26. The smallest absolute Gasteiger partial charge is 0.290 e. The molecule has 6 nitrogen and oxygen atoms in total. The number of hydrogen-bond acceptors (Lipinski definition) is 4. The highest BCUT2D eigenvalue weighted by Gasteiger charge is 2.18. The predicted octanol–water partition coefficient (Wildman–Crippen LogP) is 3.86. The number of nitro benzene ring substituents is 1. The molecular formula is C13H8Cl2N2O4. The average Bonchev–Trinajstić information content (AvgIpc) is 2.40. The molecule has 0 aliphatic heterocycles. The highest BCUT2D eigenvalue weighted by atomic mass is 35.5. The van der Waals surface area contributed by atoms with Crippen molar-refractivity contribution in [1.29, 1.82) is 0 Å². The van der Waals surface area contributed by atoms with E-state index in [2.05, 4.69) is 5.32 Å². The molecule has 2 rings (SSSR count). The summed E-state index contributed by atoms with van der Waals surface area (Å²) in [5, 5.41) is 22.9. The summed E-state index contributed by atoms with van der Waals surface area (Å²) in [7, 11) is 0. The lowest BCUT2D eigenvalue weighted by Gasteiger charge is -2.08. The summed E-state index contributed by atoms with van der Waals surface area (Å²) in [4.78, 5) is 22.2. The number of nitrogens with one attached hydrogen (secondary N) is 1. The van der Waals surface area contributed by atoms with Crippen LogP contribution in [0.5, 0.6) is 5.75 Å². The minimum atomic E-state index is -0.661. The molecule has 0 unspecified atom stereocenters. The molecule has 0 fully saturated rings. The summed E-state index contributed by atoms with van der Waals surface area (Å²) < 4.78 is 0. The van der Waals surface area contributed by atoms with Crippen LogP contribution < -0.4 is 5.32 Å². The van der Waals surface area contributed by atoms with E-state index in [1.165, 1.54) is 36.4 Å². The van der Waals surface area contributed by atoms with Crippen molar-refractivity contribution in [1.82, 2.24) is 0 Å². The Balaban J connectivity index is 2.32. The van der Waals surface area contributed by atoms with Crippen molar-refractivity contribution < 1.29 is 14.8 Å². The van der Waals surface area contributed by atoms with Crippen LogP contribution in [0, 0.1) is 10.1 Å². The number of halogens is 2. The number of nitro groups is 1. The van der Waals surface area contributed by atoms with Gasteiger partial charge < -0.3 is 10.4 Å². The Labute approximate surface area is 129 Å². The van der Waals surface area contributed by atoms with Crippen molar-refractivity contribution in [3.63, 3.8) is 0 Å². The van der Waals surface area contributed by atoms with E-state index in [9.17, 15) is 20.0 Å². The number of phenols is 1. The second kappa shape index (κ2) is 5.99. The number of hydrogen-bond donors (Lipinski definition) is 2. The van der Waals surface area contributed by atoms with E-state index in [-0.39, 0.29) is 32.7 Å². The van der Waals surface area contributed by atoms with Gasteiger partial charge in [0.05, 0.1) is 16.2 Å². The maximum absolute atomic E-state index is 12.0. The number of carbonyl (C=O) groups is 1. The van der Waals surface area contributed by atoms with Crippen LogP contribution in [-0.2, 0) is 0 Å². The standard InChI is InChI=1S/C13H8Cl2N2O4/c14-7-4-5-8(11(18)6-7)13(19)16-9-2-1-3-10(12(9)15)17(20)21/h1-6,18H,(H,16,19). The molecule has 0 aliphatic carbocycles. The van der Waals surface area contributed by atoms with Crippen LogP contribution in [0.4, 0.5) is 11.4 Å². The van der Waals surface area contributed by atoms with Gasteiger partial charge in [-0.15, -0.1) is 0 Å². The first-order valence-corrected chi connectivity index (χ1v) is 6.38. The van der Waals surface area contributed by atoms with Gasteiger partial charge in [0.1, 0.15) is 10.8 Å². The molecule has 0 spiro atoms. The normalized spacial score (nSPS) is 10.2. The van der Waals surface area contributed by atoms with E-state index in [1.54, 1.807) is 0 Å². The third-order valence-electron chi connectivity index (χ3n) is 2.63. The molecule has 21 heavy (non-hydrogen) atoms. The van der Waals surface area contributed by atoms with Crippen LogP contribution in [-0.4, -0.2) is 15.9 Å². The molecule has 0 bridgehead atoms. The number of aromatic hydroxyl groups is 1. The van der Waals surface area contributed by atoms with Crippen LogP contribution >= 0.6 is 23.2 Å². The Morgan fingerprint density at radius 2 is 1.95 bits per heavy atom. The fraction of sp³-hybridized carbons (Fsp3) is 0. The number of benzene rings is 2. The number of anilines is 1. The van der Waals surface area contributed by atoms with Gasteiger partial charge in [0.2, 0.25) is 0 Å². The molecule has 0 atom stereocenters. The Morgan fingerprint density at radius 3 is 2.57 bits per heavy atom. The lowest BCUT2D eigenvalue weighted by atomic mass is 10.2. The van der Waals surface area contributed by atoms with Crippen LogP contribution in [0.2, 0.25) is 10.0 Å². The fourth-order valence-electron chi connectivity index (χ4n) is 1.64. The summed E-state index contributed by atoms with van der Waals surface area (Å²) in [6.07, 6.45) is 0. The number of phenolic OH excluding ortho intramolecular Hbond substituents is 1. The molecule has 0 aliphatic rings. The van der Waals surface area contributed by atoms with Crippen LogP contribution in [0.1, 0.15) is 10.4 Å². The van der Waals surface area contributed by atoms with Crippen LogP contribution in [0.3, 0.4) is 0 Å². The Kier molecular flexibility index (Phi) is 4.30. The number of nitrogens with zero attached hydrogens (tertiary/aromatic N) is 1. The van der Waals surface area contributed by atoms with Crippen LogP contribution in [0.25, 0.3) is 0 Å². The highest BCUT2D eigenvalue weighted by Crippen LogP contribution is 2.32. The molecular weight excluding hydrogens is 319 g/mol. The molecule has 0 aromatic heterocycles. The first kappa shape index (κ1) is 15.1. The van der Waals surface area contributed by atoms with Crippen molar-refractivity contribution in [2.45, 2.75) is 0 Å². The van der Waals surface area contributed by atoms with Gasteiger partial charge >= 0.3 is 0 Å². The molecule has 2 aromatic carbocycles. The zero-order valence-electron chi connectivity index (χ0n) is 10.3. The zero-order chi connectivity index (χ0) is 15.6. The summed E-state index contributed by atoms with van der Waals surface area (Å²) >= 11 is 11.5. The minimum Gasteiger partial charge on any atom is -0.507 e. The maximum Gasteiger partial charge on any atom is 0.290 e. The minimum absolute atomic E-state index is 0.0260. The SMILES string of the molecule is O=C(Nc1cccc([N+](=O)[O-])c1Cl)c1ccc(Cl)cc1O. The van der Waals surface area contributed by atoms with Gasteiger partial charge in [-0.3, -0.25) is 14.9 Å². The highest BCUT2D eigenvalue weighted by molar-refractivity contribution is 6.36. The Bertz CT molecular complexity index is 734. The lowest BCUT2D eigenvalue weighted by molar-refractivity contribution is -0.384. The van der Waals surface area contributed by atoms with Gasteiger partial charge in [-0.2, -0.15) is 0 Å². The van der Waals surface area contributed by atoms with Gasteiger partial charge in [0, 0.05) is 11.1 Å². The largest absolute Gasteiger partial charge is 0.507 e. The van der Waals surface area contributed by atoms with Crippen molar-refractivity contribution in [2.75, 3.05) is 5.32 Å². The van der Waals surface area contributed by atoms with Gasteiger partial charge in [0.25, 0.3) is 11.6 Å². The van der Waals surface area contributed by atoms with E-state index in [1.807, 2.05) is 0 Å². The van der Waals surface area contributed by atoms with E-state index in [4.69, 9.17) is 23.2 Å². The van der Waals surface area contributed by atoms with E-state index in [0.717, 1.165) is 0 Å². The van der Waals surface area contributed by atoms with E-state index < -0.39 is 10.8 Å². The second-order valence-corrected chi connectivity index (χ2v) is 4.83. The third kappa shape index (κ3) is 3.24. The van der Waals surface area contributed by atoms with Crippen molar-refractivity contribution in [2.24, 2.45) is 0 Å². The first-order valence-electron chi connectivity index (χ1n) is 5.63. The molecule has 0 radical (unpaired) electrons. The topological polar surface area (TPSA) is 92.5 Å². The average molecular weight is 327 g/mol. The number of amides is 1. The zero-order valence-corrected chi connectivity index (χ0v) is 11.9. The first-order chi connectivity index (χ1) is 9.90. The molecule has 2 N–H and O–H groups in total. The Morgan fingerprint density at radius 1 is 1.24 bits per heavy atom. The number of rotatable bonds is 3. The van der Waals surface area contributed by atoms with Gasteiger partial charge in [-0.25, -0.2) is 0 Å². The summed E-state index contributed by atoms with van der Waals surface area (Å²) in [5.41, 5.74) is -0.276. The van der Waals surface area contributed by atoms with Gasteiger partial charge in [-0.1, -0.05) is 29.3 Å². The summed E-state index contributed by atoms with van der Waals surface area (Å²) in [6, 6.07) is 8.01. The van der Waals surface area contributed by atoms with Crippen molar-refractivity contribution in [3.8, 4) is 5.75 Å². The van der Waals surface area contributed by atoms with E-state index in [0.29, 0.717) is 0 Å². The van der Waals surface area contributed by atoms with Crippen molar-refractivity contribution in [3.05, 3.63) is 62.1 Å². The number of carbonyl (C=O) groups excluding carboxylic acids is 1. The fourth-order valence-corrected chi connectivity index (χ4v) is 2.05. The monoisotopic (exact) mass is 326 g/mol. The summed E-state index contributed by atoms with van der Waals surface area (Å²) in [6.45, 7) is 0. The van der Waals surface area contributed by atoms with E-state index >= 15 is 0 Å². The van der Waals surface area contributed by atoms with Gasteiger partial charge in [-0.05, 0) is 24.3 Å². The lowest BCUT2D eigenvalue weighted by Crippen LogP contribution is -2.12. The molecule has 1 amide bonds. The quantitative estimate of drug-likeness (QED) is 0.661. The van der Waals surface area contributed by atoms with Gasteiger partial charge in [0.15, 0.2) is 0 Å². The molecule has 8 heteroatoms. The summed E-state index contributed by atoms with van der Waals surface area (Å²) in [5.74, 6) is -0.965. The molecule has 108 valence electrons. The predicted molar refractivity (Wildman–Crippen MR) is 79.2 cm³/mol. The molecule has 0 saturated carbocycles. The van der Waals surface area contributed by atoms with Crippen LogP contribution in [0.15, 0.2) is 36.4 Å². The molecule has 0 heterocycles. The molecule has 0 saturated heterocycles. The second-order valence-electron chi connectivity index (χ2n) is 4.01.